The number of carbonyl (C=O) groups excluding carboxylic acids is 2. The molecule has 8 nitrogen and oxygen atoms in total. The predicted octanol–water partition coefficient (Wildman–Crippen LogP) is 4.11. The largest absolute Gasteiger partial charge is 0.489 e. The van der Waals surface area contributed by atoms with Crippen molar-refractivity contribution in [3.63, 3.8) is 0 Å². The Morgan fingerprint density at radius 3 is 2.42 bits per heavy atom. The van der Waals surface area contributed by atoms with E-state index >= 15 is 0 Å². The number of benzene rings is 3. The van der Waals surface area contributed by atoms with Gasteiger partial charge in [0.25, 0.3) is 0 Å². The topological polar surface area (TPSA) is 92.1 Å². The highest BCUT2D eigenvalue weighted by Gasteiger charge is 2.36. The Bertz CT molecular complexity index is 1490. The average Bonchev–Trinajstić information content (AvgIpc) is 3.24. The number of aromatic nitrogens is 1. The Morgan fingerprint density at radius 2 is 1.76 bits per heavy atom. The lowest BCUT2D eigenvalue weighted by Crippen LogP contribution is -2.40. The van der Waals surface area contributed by atoms with Crippen LogP contribution in [0.1, 0.15) is 38.7 Å². The first kappa shape index (κ1) is 25.1. The minimum absolute atomic E-state index is 0.0710. The molecule has 0 bridgehead atoms. The van der Waals surface area contributed by atoms with Crippen LogP contribution in [0.3, 0.4) is 0 Å². The van der Waals surface area contributed by atoms with Crippen LogP contribution < -0.4 is 4.74 Å². The van der Waals surface area contributed by atoms with E-state index in [-0.39, 0.29) is 11.5 Å². The number of fused-ring (bicyclic) bond motifs is 3. The van der Waals surface area contributed by atoms with E-state index in [4.69, 9.17) is 4.74 Å². The van der Waals surface area contributed by atoms with Crippen molar-refractivity contribution in [1.29, 1.82) is 0 Å². The summed E-state index contributed by atoms with van der Waals surface area (Å²) in [4.78, 5) is 39.7. The molecule has 0 spiro atoms. The van der Waals surface area contributed by atoms with Crippen molar-refractivity contribution >= 4 is 29.2 Å². The number of hydrogen-bond donors (Lipinski definition) is 1. The Balaban J connectivity index is 1.61. The molecular formula is C30H29N3O5. The first-order valence-electron chi connectivity index (χ1n) is 12.4. The maximum atomic E-state index is 13.3. The van der Waals surface area contributed by atoms with Crippen LogP contribution in [0.25, 0.3) is 10.9 Å². The molecule has 194 valence electrons. The molecule has 1 aromatic heterocycles. The zero-order valence-electron chi connectivity index (χ0n) is 21.3. The van der Waals surface area contributed by atoms with Crippen molar-refractivity contribution < 1.29 is 24.2 Å². The van der Waals surface area contributed by atoms with Crippen LogP contribution in [0.5, 0.6) is 5.75 Å². The number of amides is 2. The summed E-state index contributed by atoms with van der Waals surface area (Å²) in [7, 11) is 3.44. The summed E-state index contributed by atoms with van der Waals surface area (Å²) in [5.74, 6) is -0.865. The number of ether oxygens (including phenoxy) is 1. The van der Waals surface area contributed by atoms with Gasteiger partial charge in [0.1, 0.15) is 12.4 Å². The summed E-state index contributed by atoms with van der Waals surface area (Å²) in [6.45, 7) is 1.56. The third-order valence-electron chi connectivity index (χ3n) is 6.98. The monoisotopic (exact) mass is 511 g/mol. The van der Waals surface area contributed by atoms with Crippen molar-refractivity contribution in [1.82, 2.24) is 14.4 Å². The van der Waals surface area contributed by atoms with Gasteiger partial charge in [-0.1, -0.05) is 42.5 Å². The number of hydrogen-bond acceptors (Lipinski definition) is 4. The van der Waals surface area contributed by atoms with E-state index in [1.54, 1.807) is 48.2 Å². The molecule has 0 aliphatic carbocycles. The molecule has 1 aliphatic rings. The van der Waals surface area contributed by atoms with Crippen molar-refractivity contribution in [2.24, 2.45) is 0 Å². The van der Waals surface area contributed by atoms with Crippen LogP contribution in [-0.2, 0) is 29.3 Å². The maximum Gasteiger partial charge on any atom is 0.335 e. The van der Waals surface area contributed by atoms with E-state index in [2.05, 4.69) is 4.57 Å². The number of carboxylic acid groups (broad SMARTS) is 1. The molecule has 4 aromatic rings. The minimum Gasteiger partial charge on any atom is -0.489 e. The summed E-state index contributed by atoms with van der Waals surface area (Å²) < 4.78 is 8.23. The zero-order chi connectivity index (χ0) is 26.8. The number of carboxylic acids is 1. The molecule has 5 rings (SSSR count). The van der Waals surface area contributed by atoms with E-state index in [0.29, 0.717) is 32.0 Å². The molecule has 1 aliphatic heterocycles. The van der Waals surface area contributed by atoms with Gasteiger partial charge in [-0.15, -0.1) is 0 Å². The quantitative estimate of drug-likeness (QED) is 0.360. The lowest BCUT2D eigenvalue weighted by atomic mass is 9.90. The molecule has 1 unspecified atom stereocenters. The molecular weight excluding hydrogens is 482 g/mol. The standard InChI is InChI=1S/C30H29N3O5/c1-31(2)29(35)25-16-32(19-34)17-27-28(25)24-14-23(38-18-21-6-4-3-5-7-21)12-13-26(24)33(27)15-20-8-10-22(11-9-20)30(36)37/h3-14,19,25H,15-18H2,1-2H3,(H,36,37). The normalized spacial score (nSPS) is 14.7. The highest BCUT2D eigenvalue weighted by molar-refractivity contribution is 5.95. The van der Waals surface area contributed by atoms with Crippen molar-refractivity contribution in [3.05, 3.63) is 101 Å². The molecule has 0 fully saturated rings. The molecule has 1 N–H and O–H groups in total. The predicted molar refractivity (Wildman–Crippen MR) is 143 cm³/mol. The fourth-order valence-corrected chi connectivity index (χ4v) is 5.09. The van der Waals surface area contributed by atoms with Crippen molar-refractivity contribution in [2.45, 2.75) is 25.6 Å². The molecule has 0 saturated heterocycles. The van der Waals surface area contributed by atoms with Crippen LogP contribution in [0, 0.1) is 0 Å². The first-order chi connectivity index (χ1) is 18.4. The van der Waals surface area contributed by atoms with Gasteiger partial charge in [-0.2, -0.15) is 0 Å². The smallest absolute Gasteiger partial charge is 0.335 e. The Kier molecular flexibility index (Phi) is 6.87. The van der Waals surface area contributed by atoms with Gasteiger partial charge >= 0.3 is 5.97 Å². The van der Waals surface area contributed by atoms with Gasteiger partial charge in [0.15, 0.2) is 0 Å². The fraction of sp³-hybridized carbons (Fsp3) is 0.233. The molecule has 2 heterocycles. The van der Waals surface area contributed by atoms with Gasteiger partial charge in [-0.05, 0) is 47.0 Å². The van der Waals surface area contributed by atoms with Crippen LogP contribution in [0.15, 0.2) is 72.8 Å². The van der Waals surface area contributed by atoms with Crippen LogP contribution in [0.4, 0.5) is 0 Å². The van der Waals surface area contributed by atoms with Gasteiger partial charge in [0, 0.05) is 43.8 Å². The van der Waals surface area contributed by atoms with Crippen LogP contribution in [0.2, 0.25) is 0 Å². The number of likely N-dealkylation sites (N-methyl/N-ethyl adjacent to an activating group) is 1. The van der Waals surface area contributed by atoms with E-state index < -0.39 is 11.9 Å². The van der Waals surface area contributed by atoms with Gasteiger partial charge < -0.3 is 24.2 Å². The fourth-order valence-electron chi connectivity index (χ4n) is 5.09. The second kappa shape index (κ2) is 10.4. The third-order valence-corrected chi connectivity index (χ3v) is 6.98. The highest BCUT2D eigenvalue weighted by atomic mass is 16.5. The van der Waals surface area contributed by atoms with E-state index in [9.17, 15) is 19.5 Å². The lowest BCUT2D eigenvalue weighted by Gasteiger charge is -2.32. The van der Waals surface area contributed by atoms with Crippen molar-refractivity contribution in [2.75, 3.05) is 20.6 Å². The molecule has 0 radical (unpaired) electrons. The molecule has 8 heteroatoms. The van der Waals surface area contributed by atoms with Crippen LogP contribution in [-0.4, -0.2) is 58.4 Å². The summed E-state index contributed by atoms with van der Waals surface area (Å²) >= 11 is 0. The molecule has 38 heavy (non-hydrogen) atoms. The maximum absolute atomic E-state index is 13.3. The van der Waals surface area contributed by atoms with Gasteiger partial charge in [0.2, 0.25) is 12.3 Å². The molecule has 2 amide bonds. The summed E-state index contributed by atoms with van der Waals surface area (Å²) in [6.07, 6.45) is 0.789. The average molecular weight is 512 g/mol. The Labute approximate surface area is 220 Å². The summed E-state index contributed by atoms with van der Waals surface area (Å²) in [5, 5.41) is 10.2. The molecule has 0 saturated carbocycles. The second-order valence-electron chi connectivity index (χ2n) is 9.72. The third kappa shape index (κ3) is 4.85. The van der Waals surface area contributed by atoms with E-state index in [1.165, 1.54) is 0 Å². The zero-order valence-corrected chi connectivity index (χ0v) is 21.3. The Hall–Kier alpha value is -4.59. The van der Waals surface area contributed by atoms with Gasteiger partial charge in [-0.25, -0.2) is 4.79 Å². The number of nitrogens with zero attached hydrogens (tertiary/aromatic N) is 3. The minimum atomic E-state index is -0.977. The SMILES string of the molecule is CN(C)C(=O)C1CN(C=O)Cc2c1c1cc(OCc3ccccc3)ccc1n2Cc1ccc(C(=O)O)cc1. The van der Waals surface area contributed by atoms with E-state index in [1.807, 2.05) is 48.5 Å². The van der Waals surface area contributed by atoms with E-state index in [0.717, 1.165) is 39.7 Å². The number of rotatable bonds is 8. The second-order valence-corrected chi connectivity index (χ2v) is 9.72. The highest BCUT2D eigenvalue weighted by Crippen LogP contribution is 2.39. The van der Waals surface area contributed by atoms with Crippen LogP contribution >= 0.6 is 0 Å². The Morgan fingerprint density at radius 1 is 1.03 bits per heavy atom. The first-order valence-corrected chi connectivity index (χ1v) is 12.4. The summed E-state index contributed by atoms with van der Waals surface area (Å²) in [6, 6.07) is 22.6. The number of aromatic carboxylic acids is 1. The molecule has 1 atom stereocenters. The lowest BCUT2D eigenvalue weighted by molar-refractivity contribution is -0.132. The van der Waals surface area contributed by atoms with Gasteiger partial charge in [-0.3, -0.25) is 9.59 Å². The number of carbonyl (C=O) groups is 3. The summed E-state index contributed by atoms with van der Waals surface area (Å²) in [5.41, 5.74) is 4.91. The van der Waals surface area contributed by atoms with Crippen molar-refractivity contribution in [3.8, 4) is 5.75 Å². The van der Waals surface area contributed by atoms with Gasteiger partial charge in [0.05, 0.1) is 18.0 Å². The molecule has 3 aromatic carbocycles.